The predicted octanol–water partition coefficient (Wildman–Crippen LogP) is 6.60. The lowest BCUT2D eigenvalue weighted by Crippen LogP contribution is -2.42. The second kappa shape index (κ2) is 11.7. The molecule has 2 aliphatic heterocycles. The van der Waals surface area contributed by atoms with Gasteiger partial charge in [-0.3, -0.25) is 0 Å². The van der Waals surface area contributed by atoms with E-state index in [1.807, 2.05) is 55.5 Å². The van der Waals surface area contributed by atoms with E-state index in [2.05, 4.69) is 23.1 Å². The van der Waals surface area contributed by atoms with Crippen LogP contribution in [0, 0.1) is 0 Å². The van der Waals surface area contributed by atoms with Gasteiger partial charge in [-0.15, -0.1) is 0 Å². The molecular weight excluding hydrogens is 498 g/mol. The van der Waals surface area contributed by atoms with Crippen molar-refractivity contribution >= 4 is 23.1 Å². The lowest BCUT2D eigenvalue weighted by atomic mass is 9.84. The van der Waals surface area contributed by atoms with E-state index >= 15 is 0 Å². The monoisotopic (exact) mass is 531 g/mol. The summed E-state index contributed by atoms with van der Waals surface area (Å²) in [5.41, 5.74) is 4.90. The molecule has 0 amide bonds. The average molecular weight is 532 g/mol. The summed E-state index contributed by atoms with van der Waals surface area (Å²) >= 11 is 6.03. The third-order valence-corrected chi connectivity index (χ3v) is 7.74. The second-order valence-corrected chi connectivity index (χ2v) is 10.5. The Morgan fingerprint density at radius 2 is 1.84 bits per heavy atom. The quantitative estimate of drug-likeness (QED) is 0.348. The SMILES string of the molecule is CCCOC(=O)c1ccc2c(c1)/C(=C/CCN1CCC(O)(c3ccc(Cl)cc3)CC1)c1ccccc1CO2. The van der Waals surface area contributed by atoms with E-state index in [4.69, 9.17) is 21.1 Å². The van der Waals surface area contributed by atoms with Gasteiger partial charge < -0.3 is 19.5 Å². The number of carbonyl (C=O) groups excluding carboxylic acids is 1. The van der Waals surface area contributed by atoms with Crippen LogP contribution in [0.3, 0.4) is 0 Å². The summed E-state index contributed by atoms with van der Waals surface area (Å²) in [6, 6.07) is 21.4. The summed E-state index contributed by atoms with van der Waals surface area (Å²) in [7, 11) is 0. The van der Waals surface area contributed by atoms with Crippen molar-refractivity contribution in [1.82, 2.24) is 4.90 Å². The van der Waals surface area contributed by atoms with Crippen molar-refractivity contribution in [2.45, 2.75) is 44.8 Å². The molecule has 3 aromatic rings. The molecule has 0 aliphatic carbocycles. The Bertz CT molecular complexity index is 1310. The van der Waals surface area contributed by atoms with Crippen LogP contribution in [0.5, 0.6) is 5.75 Å². The van der Waals surface area contributed by atoms with Crippen LogP contribution in [-0.2, 0) is 16.9 Å². The van der Waals surface area contributed by atoms with Gasteiger partial charge in [-0.05, 0) is 78.3 Å². The first-order valence-corrected chi connectivity index (χ1v) is 13.8. The molecule has 3 aromatic carbocycles. The van der Waals surface area contributed by atoms with E-state index in [1.165, 1.54) is 0 Å². The zero-order chi connectivity index (χ0) is 26.5. The van der Waals surface area contributed by atoms with E-state index in [-0.39, 0.29) is 5.97 Å². The number of nitrogens with zero attached hydrogens (tertiary/aromatic N) is 1. The number of ether oxygens (including phenoxy) is 2. The third-order valence-electron chi connectivity index (χ3n) is 7.49. The zero-order valence-electron chi connectivity index (χ0n) is 21.8. The van der Waals surface area contributed by atoms with Crippen molar-refractivity contribution < 1.29 is 19.4 Å². The molecule has 198 valence electrons. The average Bonchev–Trinajstić information content (AvgIpc) is 3.10. The standard InChI is InChI=1S/C32H34ClNO4/c1-2-20-37-31(35)23-9-14-30-29(21-23)28(27-7-4-3-6-24(27)22-38-30)8-5-17-34-18-15-32(36,16-19-34)25-10-12-26(33)13-11-25/h3-4,6-14,21,36H,2,5,15-20,22H2,1H3/b28-8+. The summed E-state index contributed by atoms with van der Waals surface area (Å²) in [4.78, 5) is 15.0. The van der Waals surface area contributed by atoms with Gasteiger partial charge in [0.15, 0.2) is 0 Å². The minimum Gasteiger partial charge on any atom is -0.488 e. The van der Waals surface area contributed by atoms with Gasteiger partial charge in [-0.2, -0.15) is 0 Å². The summed E-state index contributed by atoms with van der Waals surface area (Å²) < 4.78 is 11.5. The van der Waals surface area contributed by atoms with Gasteiger partial charge in [0.2, 0.25) is 0 Å². The van der Waals surface area contributed by atoms with Crippen LogP contribution in [0.1, 0.15) is 65.2 Å². The van der Waals surface area contributed by atoms with Crippen LogP contribution in [0.25, 0.3) is 5.57 Å². The Morgan fingerprint density at radius 1 is 1.08 bits per heavy atom. The lowest BCUT2D eigenvalue weighted by Gasteiger charge is -2.38. The van der Waals surface area contributed by atoms with Crippen LogP contribution in [-0.4, -0.2) is 42.2 Å². The van der Waals surface area contributed by atoms with E-state index in [0.717, 1.165) is 66.1 Å². The normalized spacial score (nSPS) is 17.7. The Kier molecular flexibility index (Phi) is 8.18. The number of likely N-dealkylation sites (tertiary alicyclic amines) is 1. The number of aliphatic hydroxyl groups is 1. The Labute approximate surface area is 229 Å². The van der Waals surface area contributed by atoms with Gasteiger partial charge >= 0.3 is 5.97 Å². The van der Waals surface area contributed by atoms with Crippen molar-refractivity contribution in [3.05, 3.63) is 106 Å². The Morgan fingerprint density at radius 3 is 2.61 bits per heavy atom. The minimum absolute atomic E-state index is 0.312. The highest BCUT2D eigenvalue weighted by Gasteiger charge is 2.33. The summed E-state index contributed by atoms with van der Waals surface area (Å²) in [6.45, 7) is 5.40. The number of hydrogen-bond donors (Lipinski definition) is 1. The molecule has 0 spiro atoms. The van der Waals surface area contributed by atoms with Crippen LogP contribution in [0.2, 0.25) is 5.02 Å². The van der Waals surface area contributed by atoms with E-state index in [0.29, 0.717) is 36.6 Å². The molecule has 0 radical (unpaired) electrons. The number of hydrogen-bond acceptors (Lipinski definition) is 5. The molecule has 1 saturated heterocycles. The predicted molar refractivity (Wildman–Crippen MR) is 151 cm³/mol. The lowest BCUT2D eigenvalue weighted by molar-refractivity contribution is -0.0254. The van der Waals surface area contributed by atoms with Crippen LogP contribution < -0.4 is 4.74 Å². The topological polar surface area (TPSA) is 59.0 Å². The molecule has 2 heterocycles. The number of halogens is 1. The number of esters is 1. The molecule has 0 atom stereocenters. The summed E-state index contributed by atoms with van der Waals surface area (Å²) in [6.07, 6.45) is 5.26. The maximum Gasteiger partial charge on any atom is 0.338 e. The van der Waals surface area contributed by atoms with Crippen LogP contribution >= 0.6 is 11.6 Å². The molecule has 6 heteroatoms. The first-order chi connectivity index (χ1) is 18.5. The minimum atomic E-state index is -0.807. The first kappa shape index (κ1) is 26.5. The number of carbonyl (C=O) groups is 1. The highest BCUT2D eigenvalue weighted by atomic mass is 35.5. The molecule has 2 aliphatic rings. The molecule has 1 N–H and O–H groups in total. The second-order valence-electron chi connectivity index (χ2n) is 10.1. The number of fused-ring (bicyclic) bond motifs is 2. The fraction of sp³-hybridized carbons (Fsp3) is 0.344. The fourth-order valence-electron chi connectivity index (χ4n) is 5.29. The smallest absolute Gasteiger partial charge is 0.338 e. The van der Waals surface area contributed by atoms with Crippen molar-refractivity contribution in [2.75, 3.05) is 26.2 Å². The van der Waals surface area contributed by atoms with E-state index in [1.54, 1.807) is 6.07 Å². The molecule has 38 heavy (non-hydrogen) atoms. The molecule has 5 nitrogen and oxygen atoms in total. The highest BCUT2D eigenvalue weighted by molar-refractivity contribution is 6.30. The molecule has 0 unspecified atom stereocenters. The third kappa shape index (κ3) is 5.80. The van der Waals surface area contributed by atoms with Crippen LogP contribution in [0.4, 0.5) is 0 Å². The summed E-state index contributed by atoms with van der Waals surface area (Å²) in [5, 5.41) is 11.9. The van der Waals surface area contributed by atoms with Crippen molar-refractivity contribution in [2.24, 2.45) is 0 Å². The Hall–Kier alpha value is -3.12. The van der Waals surface area contributed by atoms with Crippen LogP contribution in [0.15, 0.2) is 72.8 Å². The van der Waals surface area contributed by atoms with Gasteiger partial charge in [-0.25, -0.2) is 4.79 Å². The molecule has 1 fully saturated rings. The van der Waals surface area contributed by atoms with E-state index in [9.17, 15) is 9.90 Å². The summed E-state index contributed by atoms with van der Waals surface area (Å²) in [5.74, 6) is 0.457. The van der Waals surface area contributed by atoms with Crippen molar-refractivity contribution in [1.29, 1.82) is 0 Å². The number of piperidine rings is 1. The molecule has 0 saturated carbocycles. The first-order valence-electron chi connectivity index (χ1n) is 13.4. The maximum absolute atomic E-state index is 12.6. The number of benzene rings is 3. The maximum atomic E-state index is 12.6. The van der Waals surface area contributed by atoms with Gasteiger partial charge in [0.25, 0.3) is 0 Å². The fourth-order valence-corrected chi connectivity index (χ4v) is 5.41. The van der Waals surface area contributed by atoms with Crippen molar-refractivity contribution in [3.8, 4) is 5.75 Å². The van der Waals surface area contributed by atoms with Gasteiger partial charge in [-0.1, -0.05) is 61.0 Å². The Balaban J connectivity index is 1.33. The van der Waals surface area contributed by atoms with Gasteiger partial charge in [0, 0.05) is 30.2 Å². The van der Waals surface area contributed by atoms with Crippen molar-refractivity contribution in [3.63, 3.8) is 0 Å². The highest BCUT2D eigenvalue weighted by Crippen LogP contribution is 2.38. The molecule has 5 rings (SSSR count). The largest absolute Gasteiger partial charge is 0.488 e. The molecule has 0 bridgehead atoms. The molecule has 0 aromatic heterocycles. The number of rotatable bonds is 7. The zero-order valence-corrected chi connectivity index (χ0v) is 22.5. The molecular formula is C32H34ClNO4. The van der Waals surface area contributed by atoms with E-state index < -0.39 is 5.60 Å². The van der Waals surface area contributed by atoms with Gasteiger partial charge in [0.1, 0.15) is 12.4 Å². The van der Waals surface area contributed by atoms with Gasteiger partial charge in [0.05, 0.1) is 17.8 Å².